The molecule has 0 amide bonds. The number of ether oxygens (including phenoxy) is 2. The Morgan fingerprint density at radius 1 is 0.914 bits per heavy atom. The molecule has 8 heteroatoms. The first-order chi connectivity index (χ1) is 17.2. The van der Waals surface area contributed by atoms with E-state index in [0.717, 1.165) is 48.6 Å². The minimum absolute atomic E-state index is 0.420. The number of thioether (sulfide) groups is 1. The SMILES string of the molecule is CSc1nn2cc(-c3cc4c(OCc5cccc(OCc6ccccc6)c5)cccc4o3)nc2s1. The summed E-state index contributed by atoms with van der Waals surface area (Å²) in [5, 5.41) is 5.42. The number of fused-ring (bicyclic) bond motifs is 2. The molecule has 6 aromatic rings. The van der Waals surface area contributed by atoms with Gasteiger partial charge >= 0.3 is 0 Å². The Morgan fingerprint density at radius 3 is 2.60 bits per heavy atom. The molecule has 6 nitrogen and oxygen atoms in total. The highest BCUT2D eigenvalue weighted by Gasteiger charge is 2.15. The molecule has 3 heterocycles. The fraction of sp³-hybridized carbons (Fsp3) is 0.111. The van der Waals surface area contributed by atoms with Crippen LogP contribution in [0.5, 0.6) is 11.5 Å². The summed E-state index contributed by atoms with van der Waals surface area (Å²) in [6.07, 6.45) is 3.90. The van der Waals surface area contributed by atoms with Crippen LogP contribution in [0.25, 0.3) is 27.4 Å². The highest BCUT2D eigenvalue weighted by Crippen LogP contribution is 2.34. The second-order valence-electron chi connectivity index (χ2n) is 7.91. The molecule has 0 saturated carbocycles. The van der Waals surface area contributed by atoms with E-state index < -0.39 is 0 Å². The lowest BCUT2D eigenvalue weighted by Gasteiger charge is -2.10. The standard InChI is InChI=1S/C27H21N3O3S2/c1-34-27-29-30-15-22(28-26(30)35-27)25-14-21-23(11-6-12-24(21)33-25)32-17-19-9-5-10-20(13-19)31-16-18-7-3-2-4-8-18/h2-15H,16-17H2,1H3. The Morgan fingerprint density at radius 2 is 1.74 bits per heavy atom. The van der Waals surface area contributed by atoms with Gasteiger partial charge < -0.3 is 13.9 Å². The minimum Gasteiger partial charge on any atom is -0.489 e. The first kappa shape index (κ1) is 21.8. The first-order valence-corrected chi connectivity index (χ1v) is 13.1. The quantitative estimate of drug-likeness (QED) is 0.209. The highest BCUT2D eigenvalue weighted by atomic mass is 32.2. The van der Waals surface area contributed by atoms with Crippen molar-refractivity contribution in [2.24, 2.45) is 0 Å². The van der Waals surface area contributed by atoms with Gasteiger partial charge in [-0.1, -0.05) is 71.6 Å². The molecule has 174 valence electrons. The summed E-state index contributed by atoms with van der Waals surface area (Å²) in [6, 6.07) is 25.9. The van der Waals surface area contributed by atoms with Crippen LogP contribution in [0.15, 0.2) is 93.8 Å². The number of hydrogen-bond acceptors (Lipinski definition) is 7. The van der Waals surface area contributed by atoms with Gasteiger partial charge in [0.1, 0.15) is 36.0 Å². The molecular formula is C27H21N3O3S2. The van der Waals surface area contributed by atoms with Gasteiger partial charge in [0.05, 0.1) is 11.6 Å². The van der Waals surface area contributed by atoms with Gasteiger partial charge in [-0.25, -0.2) is 9.50 Å². The lowest BCUT2D eigenvalue weighted by Crippen LogP contribution is -1.98. The molecule has 3 aromatic heterocycles. The Labute approximate surface area is 210 Å². The van der Waals surface area contributed by atoms with Crippen LogP contribution in [0.2, 0.25) is 0 Å². The van der Waals surface area contributed by atoms with Gasteiger partial charge in [0, 0.05) is 0 Å². The topological polar surface area (TPSA) is 61.8 Å². The van der Waals surface area contributed by atoms with Gasteiger partial charge in [-0.05, 0) is 47.7 Å². The smallest absolute Gasteiger partial charge is 0.213 e. The van der Waals surface area contributed by atoms with Crippen molar-refractivity contribution in [3.05, 3.63) is 96.2 Å². The minimum atomic E-state index is 0.420. The molecule has 0 spiro atoms. The lowest BCUT2D eigenvalue weighted by atomic mass is 10.2. The number of benzene rings is 3. The molecule has 0 saturated heterocycles. The number of nitrogens with zero attached hydrogens (tertiary/aromatic N) is 3. The second kappa shape index (κ2) is 9.48. The van der Waals surface area contributed by atoms with Crippen LogP contribution in [0.3, 0.4) is 0 Å². The van der Waals surface area contributed by atoms with Crippen molar-refractivity contribution in [2.45, 2.75) is 17.6 Å². The van der Waals surface area contributed by atoms with Gasteiger partial charge in [0.25, 0.3) is 0 Å². The third-order valence-electron chi connectivity index (χ3n) is 5.51. The molecule has 0 atom stereocenters. The van der Waals surface area contributed by atoms with E-state index in [2.05, 4.69) is 22.2 Å². The Balaban J connectivity index is 1.18. The summed E-state index contributed by atoms with van der Waals surface area (Å²) >= 11 is 3.17. The number of rotatable bonds is 8. The van der Waals surface area contributed by atoms with Crippen LogP contribution in [-0.2, 0) is 13.2 Å². The van der Waals surface area contributed by atoms with Crippen molar-refractivity contribution in [3.63, 3.8) is 0 Å². The highest BCUT2D eigenvalue weighted by molar-refractivity contribution is 8.00. The van der Waals surface area contributed by atoms with Crippen LogP contribution in [0.1, 0.15) is 11.1 Å². The Hall–Kier alpha value is -3.75. The van der Waals surface area contributed by atoms with E-state index in [-0.39, 0.29) is 0 Å². The molecule has 35 heavy (non-hydrogen) atoms. The maximum atomic E-state index is 6.19. The second-order valence-corrected chi connectivity index (χ2v) is 9.92. The summed E-state index contributed by atoms with van der Waals surface area (Å²) in [7, 11) is 0. The largest absolute Gasteiger partial charge is 0.489 e. The van der Waals surface area contributed by atoms with Gasteiger partial charge in [0.2, 0.25) is 4.96 Å². The third kappa shape index (κ3) is 4.62. The fourth-order valence-corrected chi connectivity index (χ4v) is 5.14. The molecule has 0 bridgehead atoms. The van der Waals surface area contributed by atoms with E-state index in [1.807, 2.05) is 79.2 Å². The average molecular weight is 500 g/mol. The molecule has 0 aliphatic rings. The zero-order chi connectivity index (χ0) is 23.6. The normalized spacial score (nSPS) is 11.3. The summed E-state index contributed by atoms with van der Waals surface area (Å²) in [4.78, 5) is 5.52. The molecule has 0 aliphatic carbocycles. The fourth-order valence-electron chi connectivity index (χ4n) is 3.80. The van der Waals surface area contributed by atoms with Crippen molar-refractivity contribution >= 4 is 39.0 Å². The summed E-state index contributed by atoms with van der Waals surface area (Å²) in [6.45, 7) is 0.950. The van der Waals surface area contributed by atoms with Crippen LogP contribution in [0.4, 0.5) is 0 Å². The Kier molecular flexibility index (Phi) is 5.89. The van der Waals surface area contributed by atoms with E-state index in [1.165, 1.54) is 0 Å². The van der Waals surface area contributed by atoms with Crippen molar-refractivity contribution < 1.29 is 13.9 Å². The van der Waals surface area contributed by atoms with E-state index in [0.29, 0.717) is 19.0 Å². The molecule has 0 fully saturated rings. The van der Waals surface area contributed by atoms with Crippen LogP contribution < -0.4 is 9.47 Å². The molecule has 3 aromatic carbocycles. The molecular weight excluding hydrogens is 478 g/mol. The van der Waals surface area contributed by atoms with Crippen LogP contribution >= 0.6 is 23.1 Å². The van der Waals surface area contributed by atoms with Gasteiger partial charge in [0.15, 0.2) is 10.1 Å². The van der Waals surface area contributed by atoms with E-state index in [4.69, 9.17) is 13.9 Å². The Bertz CT molecular complexity index is 1570. The van der Waals surface area contributed by atoms with Gasteiger partial charge in [-0.15, -0.1) is 5.10 Å². The maximum Gasteiger partial charge on any atom is 0.213 e. The maximum absolute atomic E-state index is 6.19. The number of furan rings is 1. The molecule has 6 rings (SSSR count). The zero-order valence-electron chi connectivity index (χ0n) is 18.9. The van der Waals surface area contributed by atoms with Crippen molar-refractivity contribution in [1.29, 1.82) is 0 Å². The van der Waals surface area contributed by atoms with Crippen LogP contribution in [-0.4, -0.2) is 20.9 Å². The van der Waals surface area contributed by atoms with E-state index >= 15 is 0 Å². The third-order valence-corrected chi connectivity index (χ3v) is 7.41. The lowest BCUT2D eigenvalue weighted by molar-refractivity contribution is 0.297. The van der Waals surface area contributed by atoms with E-state index in [9.17, 15) is 0 Å². The van der Waals surface area contributed by atoms with Gasteiger partial charge in [-0.3, -0.25) is 0 Å². The molecule has 0 N–H and O–H groups in total. The van der Waals surface area contributed by atoms with Crippen molar-refractivity contribution in [3.8, 4) is 23.0 Å². The number of hydrogen-bond donors (Lipinski definition) is 0. The number of aromatic nitrogens is 3. The summed E-state index contributed by atoms with van der Waals surface area (Å²) in [5.74, 6) is 2.27. The van der Waals surface area contributed by atoms with Crippen LogP contribution in [0, 0.1) is 0 Å². The number of imidazole rings is 1. The molecule has 0 unspecified atom stereocenters. The first-order valence-electron chi connectivity index (χ1n) is 11.1. The zero-order valence-corrected chi connectivity index (χ0v) is 20.5. The van der Waals surface area contributed by atoms with Crippen molar-refractivity contribution in [1.82, 2.24) is 14.6 Å². The van der Waals surface area contributed by atoms with Gasteiger partial charge in [-0.2, -0.15) is 0 Å². The molecule has 0 aliphatic heterocycles. The van der Waals surface area contributed by atoms with E-state index in [1.54, 1.807) is 27.6 Å². The summed E-state index contributed by atoms with van der Waals surface area (Å²) in [5.41, 5.74) is 3.67. The monoisotopic (exact) mass is 499 g/mol. The predicted molar refractivity (Wildman–Crippen MR) is 139 cm³/mol. The summed E-state index contributed by atoms with van der Waals surface area (Å²) < 4.78 is 21.0. The predicted octanol–water partition coefficient (Wildman–Crippen LogP) is 7.08. The molecule has 0 radical (unpaired) electrons. The van der Waals surface area contributed by atoms with Crippen molar-refractivity contribution in [2.75, 3.05) is 6.26 Å². The average Bonchev–Trinajstić information content (AvgIpc) is 3.60.